The maximum Gasteiger partial charge on any atom is 0.252 e. The van der Waals surface area contributed by atoms with Gasteiger partial charge in [0.25, 0.3) is 6.71 Å². The maximum absolute atomic E-state index is 2.67. The first kappa shape index (κ1) is 34.2. The van der Waals surface area contributed by atoms with Crippen molar-refractivity contribution in [3.63, 3.8) is 0 Å². The summed E-state index contributed by atoms with van der Waals surface area (Å²) in [5.74, 6) is 0. The zero-order valence-corrected chi connectivity index (χ0v) is 35.1. The van der Waals surface area contributed by atoms with E-state index in [4.69, 9.17) is 0 Å². The number of rotatable bonds is 3. The molecule has 0 spiro atoms. The zero-order chi connectivity index (χ0) is 41.1. The Morgan fingerprint density at radius 1 is 0.371 bits per heavy atom. The average molecular weight is 790 g/mol. The molecule has 3 nitrogen and oxygen atoms in total. The van der Waals surface area contributed by atoms with Crippen LogP contribution in [0.5, 0.6) is 0 Å². The summed E-state index contributed by atoms with van der Waals surface area (Å²) in [4.78, 5) is 2.38. The van der Waals surface area contributed by atoms with E-state index in [-0.39, 0.29) is 6.71 Å². The first-order chi connectivity index (χ1) is 30.4. The highest BCUT2D eigenvalue weighted by molar-refractivity contribution is 7.00. The minimum absolute atomic E-state index is 0.0622. The third-order valence-electron chi connectivity index (χ3n) is 14.1. The Morgan fingerprint density at radius 2 is 0.903 bits per heavy atom. The van der Waals surface area contributed by atoms with E-state index >= 15 is 0 Å². The Kier molecular flexibility index (Phi) is 6.65. The molecular weight excluding hydrogens is 749 g/mol. The normalized spacial score (nSPS) is 12.8. The monoisotopic (exact) mass is 789 g/mol. The molecule has 4 heterocycles. The van der Waals surface area contributed by atoms with E-state index in [1.165, 1.54) is 126 Å². The van der Waals surface area contributed by atoms with Crippen LogP contribution in [0, 0.1) is 27.7 Å². The molecule has 2 aliphatic heterocycles. The van der Waals surface area contributed by atoms with Crippen molar-refractivity contribution in [2.24, 2.45) is 0 Å². The summed E-state index contributed by atoms with van der Waals surface area (Å²) in [5, 5.41) is 13.0. The summed E-state index contributed by atoms with van der Waals surface area (Å²) in [5.41, 5.74) is 20.6. The molecule has 62 heavy (non-hydrogen) atoms. The van der Waals surface area contributed by atoms with E-state index in [1.54, 1.807) is 0 Å². The molecule has 0 saturated heterocycles. The number of benzene rings is 10. The number of hydrogen-bond acceptors (Lipinski definition) is 1. The van der Waals surface area contributed by atoms with Crippen molar-refractivity contribution in [1.82, 2.24) is 9.13 Å². The van der Waals surface area contributed by atoms with Crippen LogP contribution in [0.3, 0.4) is 0 Å². The SMILES string of the molecule is Cc1ccc2c(c1)c1cc(C)cc3c1n2-c1cc2c4ccc(N(c5ccccc5)c5ccccc5)cc4c4ccccc4c2c2c1B3c1cc(C)cc3c4cc(C)ccc4n-2c13. The number of aryl methyl sites for hydroxylation is 4. The molecule has 10 aromatic carbocycles. The predicted octanol–water partition coefficient (Wildman–Crippen LogP) is 13.2. The molecule has 4 heteroatoms. The van der Waals surface area contributed by atoms with Gasteiger partial charge in [0.05, 0.1) is 16.7 Å². The molecule has 0 aliphatic carbocycles. The maximum atomic E-state index is 2.67. The third-order valence-corrected chi connectivity index (χ3v) is 14.1. The van der Waals surface area contributed by atoms with Crippen LogP contribution in [0.4, 0.5) is 17.1 Å². The van der Waals surface area contributed by atoms with E-state index in [0.29, 0.717) is 0 Å². The summed E-state index contributed by atoms with van der Waals surface area (Å²) in [6.07, 6.45) is 0. The van der Waals surface area contributed by atoms with Crippen molar-refractivity contribution in [2.75, 3.05) is 4.90 Å². The smallest absolute Gasteiger partial charge is 0.252 e. The van der Waals surface area contributed by atoms with Gasteiger partial charge in [0.2, 0.25) is 0 Å². The Balaban J connectivity index is 1.21. The molecule has 0 fully saturated rings. The van der Waals surface area contributed by atoms with Crippen molar-refractivity contribution in [2.45, 2.75) is 27.7 Å². The molecule has 290 valence electrons. The Bertz CT molecular complexity index is 3930. The van der Waals surface area contributed by atoms with E-state index < -0.39 is 0 Å². The molecule has 12 aromatic rings. The first-order valence-electron chi connectivity index (χ1n) is 21.9. The lowest BCUT2D eigenvalue weighted by Gasteiger charge is -2.35. The van der Waals surface area contributed by atoms with E-state index in [2.05, 4.69) is 212 Å². The fourth-order valence-electron chi connectivity index (χ4n) is 11.8. The van der Waals surface area contributed by atoms with Gasteiger partial charge < -0.3 is 14.0 Å². The van der Waals surface area contributed by atoms with Crippen molar-refractivity contribution < 1.29 is 0 Å². The van der Waals surface area contributed by atoms with Gasteiger partial charge >= 0.3 is 0 Å². The fourth-order valence-corrected chi connectivity index (χ4v) is 11.8. The number of hydrogen-bond donors (Lipinski definition) is 0. The van der Waals surface area contributed by atoms with E-state index in [1.807, 2.05) is 0 Å². The molecule has 14 rings (SSSR count). The quantitative estimate of drug-likeness (QED) is 0.128. The standard InChI is InChI=1S/C58H40BN3/c1-33-19-23-51-44(25-33)47-27-35(3)29-49-56(47)61(51)53-32-46-41-22-21-39(60(37-13-7-5-8-14-37)38-15-9-6-10-16-38)31-43(41)40-17-11-12-18-42(40)54(46)58-55(53)59(49)50-30-36(4)28-48-45-26-34(2)20-24-52(45)62(58)57(48)50/h5-32H,1-4H3. The van der Waals surface area contributed by atoms with Crippen LogP contribution in [-0.2, 0) is 0 Å². The Labute approximate surface area is 359 Å². The molecule has 0 saturated carbocycles. The molecule has 2 aliphatic rings. The van der Waals surface area contributed by atoms with Gasteiger partial charge in [-0.3, -0.25) is 0 Å². The lowest BCUT2D eigenvalue weighted by atomic mass is 9.34. The van der Waals surface area contributed by atoms with Gasteiger partial charge in [-0.15, -0.1) is 0 Å². The minimum Gasteiger partial charge on any atom is -0.310 e. The lowest BCUT2D eigenvalue weighted by Crippen LogP contribution is -2.59. The van der Waals surface area contributed by atoms with Gasteiger partial charge in [-0.2, -0.15) is 0 Å². The van der Waals surface area contributed by atoms with Crippen molar-refractivity contribution in [1.29, 1.82) is 0 Å². The molecular formula is C58H40BN3. The third kappa shape index (κ3) is 4.36. The van der Waals surface area contributed by atoms with Crippen LogP contribution in [-0.4, -0.2) is 15.8 Å². The van der Waals surface area contributed by atoms with Gasteiger partial charge in [0.1, 0.15) is 0 Å². The summed E-state index contributed by atoms with van der Waals surface area (Å²) in [6, 6.07) is 64.4. The first-order valence-corrected chi connectivity index (χ1v) is 21.9. The number of anilines is 3. The van der Waals surface area contributed by atoms with E-state index in [0.717, 1.165) is 17.1 Å². The summed E-state index contributed by atoms with van der Waals surface area (Å²) in [6.45, 7) is 9.08. The zero-order valence-electron chi connectivity index (χ0n) is 35.1. The van der Waals surface area contributed by atoms with Crippen molar-refractivity contribution in [3.05, 3.63) is 192 Å². The number of fused-ring (bicyclic) bond motifs is 17. The molecule has 0 amide bonds. The number of para-hydroxylation sites is 2. The molecule has 0 bridgehead atoms. The van der Waals surface area contributed by atoms with Gasteiger partial charge in [0, 0.05) is 60.7 Å². The summed E-state index contributed by atoms with van der Waals surface area (Å²) in [7, 11) is 0. The highest BCUT2D eigenvalue weighted by Gasteiger charge is 2.42. The van der Waals surface area contributed by atoms with Crippen LogP contribution in [0.2, 0.25) is 0 Å². The predicted molar refractivity (Wildman–Crippen MR) is 266 cm³/mol. The van der Waals surface area contributed by atoms with Gasteiger partial charge in [-0.1, -0.05) is 113 Å². The Morgan fingerprint density at radius 3 is 1.53 bits per heavy atom. The van der Waals surface area contributed by atoms with Crippen LogP contribution in [0.15, 0.2) is 170 Å². The summed E-state index contributed by atoms with van der Waals surface area (Å²) >= 11 is 0. The average Bonchev–Trinajstić information content (AvgIpc) is 3.78. The van der Waals surface area contributed by atoms with Gasteiger partial charge in [-0.05, 0) is 150 Å². The second-order valence-corrected chi connectivity index (χ2v) is 18.0. The molecule has 0 atom stereocenters. The van der Waals surface area contributed by atoms with Crippen LogP contribution < -0.4 is 21.3 Å². The minimum atomic E-state index is 0.0622. The van der Waals surface area contributed by atoms with Crippen LogP contribution in [0.1, 0.15) is 22.3 Å². The van der Waals surface area contributed by atoms with E-state index in [9.17, 15) is 0 Å². The fraction of sp³-hybridized carbons (Fsp3) is 0.0690. The van der Waals surface area contributed by atoms with Crippen LogP contribution in [0.25, 0.3) is 87.3 Å². The second kappa shape index (κ2) is 12.1. The highest BCUT2D eigenvalue weighted by Crippen LogP contribution is 2.47. The molecule has 0 radical (unpaired) electrons. The number of aromatic nitrogens is 2. The second-order valence-electron chi connectivity index (χ2n) is 18.0. The topological polar surface area (TPSA) is 13.1 Å². The summed E-state index contributed by atoms with van der Waals surface area (Å²) < 4.78 is 5.30. The van der Waals surface area contributed by atoms with Gasteiger partial charge in [0.15, 0.2) is 0 Å². The molecule has 0 N–H and O–H groups in total. The Hall–Kier alpha value is -7.56. The van der Waals surface area contributed by atoms with Crippen molar-refractivity contribution >= 4 is 116 Å². The highest BCUT2D eigenvalue weighted by atomic mass is 15.1. The largest absolute Gasteiger partial charge is 0.310 e. The number of nitrogens with zero attached hydrogens (tertiary/aromatic N) is 3. The van der Waals surface area contributed by atoms with Gasteiger partial charge in [-0.25, -0.2) is 0 Å². The van der Waals surface area contributed by atoms with Crippen molar-refractivity contribution in [3.8, 4) is 11.4 Å². The van der Waals surface area contributed by atoms with Crippen LogP contribution >= 0.6 is 0 Å². The molecule has 2 aromatic heterocycles. The molecule has 0 unspecified atom stereocenters. The lowest BCUT2D eigenvalue weighted by molar-refractivity contribution is 1.16.